The predicted octanol–water partition coefficient (Wildman–Crippen LogP) is 1.27. The number of nitrogens with one attached hydrogen (secondary N) is 1. The molecular formula is C13H15N3O3. The number of nitrogens with zero attached hydrogens (tertiary/aromatic N) is 2. The third-order valence-electron chi connectivity index (χ3n) is 2.73. The molecule has 0 unspecified atom stereocenters. The molecule has 1 N–H and O–H groups in total. The maximum Gasteiger partial charge on any atom is 0.295 e. The molecule has 2 aromatic rings. The molecule has 100 valence electrons. The highest BCUT2D eigenvalue weighted by atomic mass is 16.6. The van der Waals surface area contributed by atoms with Crippen molar-refractivity contribution in [1.82, 2.24) is 15.3 Å². The largest absolute Gasteiger partial charge is 0.295 e. The van der Waals surface area contributed by atoms with Crippen LogP contribution in [0.25, 0.3) is 10.8 Å². The Balaban J connectivity index is 2.79. The fourth-order valence-electron chi connectivity index (χ4n) is 1.87. The van der Waals surface area contributed by atoms with E-state index in [-0.39, 0.29) is 17.3 Å². The summed E-state index contributed by atoms with van der Waals surface area (Å²) in [5, 5.41) is 5.11. The van der Waals surface area contributed by atoms with Gasteiger partial charge in [-0.1, -0.05) is 18.2 Å². The molecular weight excluding hydrogens is 246 g/mol. The van der Waals surface area contributed by atoms with Crippen molar-refractivity contribution in [2.45, 2.75) is 19.9 Å². The molecule has 1 aromatic carbocycles. The van der Waals surface area contributed by atoms with Crippen molar-refractivity contribution in [1.29, 1.82) is 0 Å². The summed E-state index contributed by atoms with van der Waals surface area (Å²) in [5.41, 5.74) is 2.19. The lowest BCUT2D eigenvalue weighted by atomic mass is 10.1. The van der Waals surface area contributed by atoms with Crippen molar-refractivity contribution in [2.24, 2.45) is 0 Å². The highest BCUT2D eigenvalue weighted by Crippen LogP contribution is 2.14. The summed E-state index contributed by atoms with van der Waals surface area (Å²) in [4.78, 5) is 28.8. The van der Waals surface area contributed by atoms with Gasteiger partial charge in [-0.05, 0) is 19.9 Å². The Labute approximate surface area is 109 Å². The Bertz CT molecular complexity index is 676. The van der Waals surface area contributed by atoms with E-state index in [1.807, 2.05) is 13.8 Å². The van der Waals surface area contributed by atoms with Crippen molar-refractivity contribution in [3.63, 3.8) is 0 Å². The molecule has 1 heterocycles. The molecule has 0 aliphatic carbocycles. The van der Waals surface area contributed by atoms with Crippen LogP contribution in [0.4, 0.5) is 0 Å². The molecule has 0 aliphatic rings. The molecule has 2 rings (SSSR count). The van der Waals surface area contributed by atoms with E-state index in [2.05, 4.69) is 15.4 Å². The Kier molecular flexibility index (Phi) is 3.62. The monoisotopic (exact) mass is 261 g/mol. The molecule has 0 atom stereocenters. The van der Waals surface area contributed by atoms with Gasteiger partial charge >= 0.3 is 0 Å². The zero-order valence-corrected chi connectivity index (χ0v) is 11.0. The van der Waals surface area contributed by atoms with E-state index in [4.69, 9.17) is 0 Å². The van der Waals surface area contributed by atoms with E-state index in [0.29, 0.717) is 10.8 Å². The highest BCUT2D eigenvalue weighted by molar-refractivity contribution is 6.04. The van der Waals surface area contributed by atoms with Crippen LogP contribution in [0.3, 0.4) is 0 Å². The normalized spacial score (nSPS) is 10.9. The van der Waals surface area contributed by atoms with Gasteiger partial charge in [-0.15, -0.1) is 0 Å². The van der Waals surface area contributed by atoms with Gasteiger partial charge in [0.05, 0.1) is 18.5 Å². The Hall–Kier alpha value is -2.21. The van der Waals surface area contributed by atoms with Gasteiger partial charge in [0, 0.05) is 5.39 Å². The van der Waals surface area contributed by atoms with Crippen LogP contribution in [0.2, 0.25) is 0 Å². The number of aromatic nitrogens is 2. The van der Waals surface area contributed by atoms with Gasteiger partial charge < -0.3 is 0 Å². The topological polar surface area (TPSA) is 73.2 Å². The summed E-state index contributed by atoms with van der Waals surface area (Å²) < 4.78 is 1.30. The van der Waals surface area contributed by atoms with Gasteiger partial charge in [-0.2, -0.15) is 5.10 Å². The third kappa shape index (κ3) is 2.34. The number of hydroxylamine groups is 1. The second-order valence-corrected chi connectivity index (χ2v) is 4.37. The molecule has 0 saturated carbocycles. The number of carbonyl (C=O) groups excluding carboxylic acids is 1. The second kappa shape index (κ2) is 5.19. The fraction of sp³-hybridized carbons (Fsp3) is 0.308. The smallest absolute Gasteiger partial charge is 0.277 e. The number of fused-ring (bicyclic) bond motifs is 1. The number of benzene rings is 1. The highest BCUT2D eigenvalue weighted by Gasteiger charge is 2.17. The van der Waals surface area contributed by atoms with Crippen LogP contribution in [0, 0.1) is 0 Å². The Morgan fingerprint density at radius 1 is 1.32 bits per heavy atom. The van der Waals surface area contributed by atoms with E-state index in [0.717, 1.165) is 0 Å². The lowest BCUT2D eigenvalue weighted by Gasteiger charge is -2.12. The van der Waals surface area contributed by atoms with Gasteiger partial charge in [0.25, 0.3) is 11.5 Å². The first kappa shape index (κ1) is 13.2. The Morgan fingerprint density at radius 2 is 1.95 bits per heavy atom. The first-order valence-electron chi connectivity index (χ1n) is 5.91. The molecule has 1 aromatic heterocycles. The van der Waals surface area contributed by atoms with Gasteiger partial charge in [0.2, 0.25) is 0 Å². The van der Waals surface area contributed by atoms with Crippen LogP contribution in [0.1, 0.15) is 30.4 Å². The van der Waals surface area contributed by atoms with Gasteiger partial charge in [0.15, 0.2) is 5.69 Å². The summed E-state index contributed by atoms with van der Waals surface area (Å²) in [6.45, 7) is 3.67. The molecule has 0 fully saturated rings. The molecule has 6 nitrogen and oxygen atoms in total. The molecule has 0 spiro atoms. The van der Waals surface area contributed by atoms with E-state index < -0.39 is 5.91 Å². The van der Waals surface area contributed by atoms with Crippen molar-refractivity contribution in [2.75, 3.05) is 7.11 Å². The van der Waals surface area contributed by atoms with E-state index in [9.17, 15) is 9.59 Å². The summed E-state index contributed by atoms with van der Waals surface area (Å²) >= 11 is 0. The predicted molar refractivity (Wildman–Crippen MR) is 70.9 cm³/mol. The lowest BCUT2D eigenvalue weighted by molar-refractivity contribution is 0.0532. The van der Waals surface area contributed by atoms with Gasteiger partial charge in [0.1, 0.15) is 0 Å². The molecule has 1 amide bonds. The van der Waals surface area contributed by atoms with E-state index in [1.54, 1.807) is 24.3 Å². The van der Waals surface area contributed by atoms with E-state index >= 15 is 0 Å². The zero-order chi connectivity index (χ0) is 14.0. The summed E-state index contributed by atoms with van der Waals surface area (Å²) in [5.74, 6) is -0.479. The number of hydrogen-bond donors (Lipinski definition) is 1. The zero-order valence-electron chi connectivity index (χ0n) is 11.0. The number of hydrogen-bond acceptors (Lipinski definition) is 4. The maximum atomic E-state index is 12.2. The SMILES string of the molecule is CONC(=O)c1nn(C(C)C)c(=O)c2ccccc12. The van der Waals surface area contributed by atoms with Crippen LogP contribution in [0.15, 0.2) is 29.1 Å². The molecule has 0 aliphatic heterocycles. The van der Waals surface area contributed by atoms with Crippen molar-refractivity contribution < 1.29 is 9.63 Å². The van der Waals surface area contributed by atoms with Crippen LogP contribution < -0.4 is 11.0 Å². The van der Waals surface area contributed by atoms with Crippen LogP contribution in [-0.2, 0) is 4.84 Å². The van der Waals surface area contributed by atoms with Crippen LogP contribution in [-0.4, -0.2) is 22.8 Å². The summed E-state index contributed by atoms with van der Waals surface area (Å²) in [6.07, 6.45) is 0. The molecule has 19 heavy (non-hydrogen) atoms. The number of amides is 1. The summed E-state index contributed by atoms with van der Waals surface area (Å²) in [6, 6.07) is 6.76. The minimum absolute atomic E-state index is 0.133. The first-order chi connectivity index (χ1) is 9.06. The third-order valence-corrected chi connectivity index (χ3v) is 2.73. The van der Waals surface area contributed by atoms with E-state index in [1.165, 1.54) is 11.8 Å². The average molecular weight is 261 g/mol. The van der Waals surface area contributed by atoms with Crippen molar-refractivity contribution in [3.8, 4) is 0 Å². The first-order valence-corrected chi connectivity index (χ1v) is 5.91. The molecule has 0 bridgehead atoms. The maximum absolute atomic E-state index is 12.2. The number of carbonyl (C=O) groups is 1. The molecule has 0 radical (unpaired) electrons. The van der Waals surface area contributed by atoms with Gasteiger partial charge in [-0.25, -0.2) is 10.2 Å². The van der Waals surface area contributed by atoms with Crippen LogP contribution in [0.5, 0.6) is 0 Å². The van der Waals surface area contributed by atoms with Gasteiger partial charge in [-0.3, -0.25) is 14.4 Å². The lowest BCUT2D eigenvalue weighted by Crippen LogP contribution is -2.31. The second-order valence-electron chi connectivity index (χ2n) is 4.37. The minimum atomic E-state index is -0.479. The van der Waals surface area contributed by atoms with Crippen molar-refractivity contribution in [3.05, 3.63) is 40.3 Å². The minimum Gasteiger partial charge on any atom is -0.277 e. The fourth-order valence-corrected chi connectivity index (χ4v) is 1.87. The Morgan fingerprint density at radius 3 is 2.53 bits per heavy atom. The quantitative estimate of drug-likeness (QED) is 0.844. The van der Waals surface area contributed by atoms with Crippen LogP contribution >= 0.6 is 0 Å². The molecule has 0 saturated heterocycles. The standard InChI is InChI=1S/C13H15N3O3/c1-8(2)16-13(18)10-7-5-4-6-9(10)11(14-16)12(17)15-19-3/h4-8H,1-3H3,(H,15,17). The average Bonchev–Trinajstić information content (AvgIpc) is 2.39. The van der Waals surface area contributed by atoms with Crippen molar-refractivity contribution >= 4 is 16.7 Å². The summed E-state index contributed by atoms with van der Waals surface area (Å²) in [7, 11) is 1.35. The molecule has 6 heteroatoms. The number of rotatable bonds is 3.